The number of hydrogen-bond donors (Lipinski definition) is 1. The average Bonchev–Trinajstić information content (AvgIpc) is 3.47. The number of alkyl halides is 6. The van der Waals surface area contributed by atoms with Crippen LogP contribution in [0.15, 0.2) is 29.4 Å². The Morgan fingerprint density at radius 1 is 0.938 bits per heavy atom. The number of carbonyl (C=O) groups is 1. The Bertz CT molecular complexity index is 1030. The molecule has 10 heteroatoms. The fourth-order valence-electron chi connectivity index (χ4n) is 7.99. The van der Waals surface area contributed by atoms with E-state index in [9.17, 15) is 22.4 Å². The molecule has 5 saturated carbocycles. The fraction of sp³-hybridized carbons (Fsp3) is 0.636. The topological polar surface area (TPSA) is 41.5 Å². The van der Waals surface area contributed by atoms with E-state index in [1.54, 1.807) is 12.1 Å². The molecule has 1 N–H and O–H groups in total. The van der Waals surface area contributed by atoms with Gasteiger partial charge in [0.2, 0.25) is 11.3 Å². The fourth-order valence-corrected chi connectivity index (χ4v) is 8.12. The molecule has 0 aliphatic heterocycles. The third kappa shape index (κ3) is 2.00. The third-order valence-electron chi connectivity index (χ3n) is 9.02. The Labute approximate surface area is 184 Å². The third-order valence-corrected chi connectivity index (χ3v) is 9.27. The highest BCUT2D eigenvalue weighted by molar-refractivity contribution is 6.30. The molecule has 9 atom stereocenters. The van der Waals surface area contributed by atoms with Gasteiger partial charge in [-0.15, -0.1) is 0 Å². The van der Waals surface area contributed by atoms with Crippen molar-refractivity contribution in [3.05, 3.63) is 34.9 Å². The molecule has 5 aliphatic rings. The van der Waals surface area contributed by atoms with Crippen molar-refractivity contribution in [2.45, 2.75) is 42.4 Å². The van der Waals surface area contributed by atoms with Gasteiger partial charge in [0.1, 0.15) is 0 Å². The molecular weight excluding hydrogens is 458 g/mol. The molecule has 4 bridgehead atoms. The summed E-state index contributed by atoms with van der Waals surface area (Å²) < 4.78 is 87.3. The van der Waals surface area contributed by atoms with Crippen LogP contribution in [-0.2, 0) is 0 Å². The van der Waals surface area contributed by atoms with Crippen LogP contribution >= 0.6 is 11.6 Å². The first-order valence-electron chi connectivity index (χ1n) is 10.7. The number of nitrogens with one attached hydrogen (secondary N) is 1. The van der Waals surface area contributed by atoms with Crippen LogP contribution in [0.3, 0.4) is 0 Å². The monoisotopic (exact) mass is 476 g/mol. The Hall–Kier alpha value is -1.77. The molecule has 6 rings (SSSR count). The van der Waals surface area contributed by atoms with E-state index in [1.165, 1.54) is 18.3 Å². The van der Waals surface area contributed by atoms with Crippen molar-refractivity contribution < 1.29 is 31.1 Å². The lowest BCUT2D eigenvalue weighted by Crippen LogP contribution is -2.89. The highest BCUT2D eigenvalue weighted by atomic mass is 35.5. The van der Waals surface area contributed by atoms with Gasteiger partial charge in [0, 0.05) is 28.6 Å². The van der Waals surface area contributed by atoms with E-state index >= 15 is 8.78 Å². The lowest BCUT2D eigenvalue weighted by atomic mass is 9.48. The molecule has 32 heavy (non-hydrogen) atoms. The molecule has 5 aliphatic carbocycles. The SMILES string of the molecule is O=C(N/N=C\[C@@H]1C[C@H]2C[C@H]1[C@@H]1[C@@H]2[C@H]2C[C@H]1[C@@]1(F)C(F)(F)C(F)(F)[C@@]21F)c1ccc(Cl)cc1. The van der Waals surface area contributed by atoms with Gasteiger partial charge in [-0.1, -0.05) is 11.6 Å². The van der Waals surface area contributed by atoms with Crippen LogP contribution < -0.4 is 5.43 Å². The van der Waals surface area contributed by atoms with Crippen molar-refractivity contribution in [2.24, 2.45) is 46.5 Å². The summed E-state index contributed by atoms with van der Waals surface area (Å²) in [5.41, 5.74) is -4.85. The van der Waals surface area contributed by atoms with Crippen LogP contribution in [0.2, 0.25) is 5.02 Å². The highest BCUT2D eigenvalue weighted by Crippen LogP contribution is 2.85. The normalized spacial score (nSPS) is 48.5. The molecule has 0 unspecified atom stereocenters. The number of hydrazone groups is 1. The van der Waals surface area contributed by atoms with E-state index in [4.69, 9.17) is 11.6 Å². The summed E-state index contributed by atoms with van der Waals surface area (Å²) >= 11 is 5.79. The Balaban J connectivity index is 1.20. The molecule has 1 aromatic carbocycles. The molecule has 0 aromatic heterocycles. The maximum atomic E-state index is 15.4. The van der Waals surface area contributed by atoms with E-state index in [1.807, 2.05) is 0 Å². The lowest BCUT2D eigenvalue weighted by molar-refractivity contribution is -0.456. The molecule has 1 amide bonds. The molecule has 0 heterocycles. The second kappa shape index (κ2) is 6.02. The van der Waals surface area contributed by atoms with E-state index in [0.717, 1.165) is 0 Å². The second-order valence-corrected chi connectivity index (χ2v) is 10.4. The van der Waals surface area contributed by atoms with Crippen molar-refractivity contribution in [1.82, 2.24) is 5.43 Å². The lowest BCUT2D eigenvalue weighted by Gasteiger charge is -2.63. The smallest absolute Gasteiger partial charge is 0.267 e. The Kier molecular flexibility index (Phi) is 3.91. The number of carbonyl (C=O) groups excluding carboxylic acids is 1. The number of rotatable bonds is 3. The number of nitrogens with zero attached hydrogens (tertiary/aromatic N) is 1. The summed E-state index contributed by atoms with van der Waals surface area (Å²) in [6.45, 7) is 0. The predicted molar refractivity (Wildman–Crippen MR) is 103 cm³/mol. The van der Waals surface area contributed by atoms with Gasteiger partial charge in [-0.3, -0.25) is 4.79 Å². The number of halogens is 7. The molecule has 5 fully saturated rings. The summed E-state index contributed by atoms with van der Waals surface area (Å²) in [6, 6.07) is 6.18. The first-order chi connectivity index (χ1) is 15.0. The molecule has 1 aromatic rings. The minimum absolute atomic E-state index is 0.134. The van der Waals surface area contributed by atoms with E-state index in [0.29, 0.717) is 23.4 Å². The summed E-state index contributed by atoms with van der Waals surface area (Å²) in [5.74, 6) is -14.9. The number of hydrogen-bond acceptors (Lipinski definition) is 2. The van der Waals surface area contributed by atoms with Crippen molar-refractivity contribution in [1.29, 1.82) is 0 Å². The quantitative estimate of drug-likeness (QED) is 0.274. The van der Waals surface area contributed by atoms with E-state index in [-0.39, 0.29) is 24.2 Å². The molecule has 0 spiro atoms. The Morgan fingerprint density at radius 3 is 2.16 bits per heavy atom. The van der Waals surface area contributed by atoms with Crippen LogP contribution in [0.1, 0.15) is 29.6 Å². The first kappa shape index (κ1) is 20.8. The van der Waals surface area contributed by atoms with Gasteiger partial charge < -0.3 is 0 Å². The van der Waals surface area contributed by atoms with Gasteiger partial charge in [-0.05, 0) is 73.1 Å². The van der Waals surface area contributed by atoms with Crippen LogP contribution in [0.25, 0.3) is 0 Å². The van der Waals surface area contributed by atoms with Crippen LogP contribution in [-0.4, -0.2) is 35.3 Å². The van der Waals surface area contributed by atoms with Gasteiger partial charge in [0.05, 0.1) is 0 Å². The van der Waals surface area contributed by atoms with Gasteiger partial charge in [-0.2, -0.15) is 22.7 Å². The van der Waals surface area contributed by atoms with Crippen molar-refractivity contribution in [2.75, 3.05) is 0 Å². The zero-order chi connectivity index (χ0) is 22.8. The molecule has 0 radical (unpaired) electrons. The minimum Gasteiger partial charge on any atom is -0.267 e. The van der Waals surface area contributed by atoms with Crippen molar-refractivity contribution in [3.63, 3.8) is 0 Å². The van der Waals surface area contributed by atoms with Gasteiger partial charge >= 0.3 is 11.8 Å². The van der Waals surface area contributed by atoms with Crippen molar-refractivity contribution in [3.8, 4) is 0 Å². The zero-order valence-electron chi connectivity index (χ0n) is 16.6. The number of fused-ring (bicyclic) bond motifs is 12. The molecular formula is C22H19ClF6N2O. The van der Waals surface area contributed by atoms with Crippen LogP contribution in [0, 0.1) is 41.4 Å². The Morgan fingerprint density at radius 2 is 1.53 bits per heavy atom. The number of amides is 1. The van der Waals surface area contributed by atoms with Crippen LogP contribution in [0.5, 0.6) is 0 Å². The predicted octanol–water partition coefficient (Wildman–Crippen LogP) is 5.29. The van der Waals surface area contributed by atoms with Gasteiger partial charge in [0.15, 0.2) is 0 Å². The summed E-state index contributed by atoms with van der Waals surface area (Å²) in [5, 5.41) is 4.46. The maximum absolute atomic E-state index is 15.4. The van der Waals surface area contributed by atoms with Gasteiger partial charge in [0.25, 0.3) is 5.91 Å². The number of benzene rings is 1. The van der Waals surface area contributed by atoms with Gasteiger partial charge in [-0.25, -0.2) is 14.2 Å². The average molecular weight is 477 g/mol. The second-order valence-electron chi connectivity index (χ2n) is 9.96. The molecule has 0 saturated heterocycles. The minimum atomic E-state index is -5.00. The standard InChI is InChI=1S/C22H19ClF6N2O/c23-12-3-1-9(2-4-12)18(32)31-30-8-11-5-10-6-13(11)17-15-7-14(16(10)17)19(24)20(15,25)22(28,29)21(19,26)27/h1-4,8,10-11,13-17H,5-7H2,(H,31,32)/b30-8-/t10-,11-,13+,14+,15+,16-,17-,19+,20-/m0/s1. The maximum Gasteiger partial charge on any atom is 0.350 e. The molecule has 172 valence electrons. The van der Waals surface area contributed by atoms with E-state index in [2.05, 4.69) is 10.5 Å². The highest BCUT2D eigenvalue weighted by Gasteiger charge is 3.05. The first-order valence-corrected chi connectivity index (χ1v) is 11.1. The largest absolute Gasteiger partial charge is 0.350 e. The summed E-state index contributed by atoms with van der Waals surface area (Å²) in [4.78, 5) is 12.2. The summed E-state index contributed by atoms with van der Waals surface area (Å²) in [7, 11) is 0. The zero-order valence-corrected chi connectivity index (χ0v) is 17.3. The van der Waals surface area contributed by atoms with E-state index < -0.39 is 52.8 Å². The van der Waals surface area contributed by atoms with Crippen molar-refractivity contribution >= 4 is 23.7 Å². The summed E-state index contributed by atoms with van der Waals surface area (Å²) in [6.07, 6.45) is 2.33. The van der Waals surface area contributed by atoms with Crippen LogP contribution in [0.4, 0.5) is 26.3 Å². The molecule has 3 nitrogen and oxygen atoms in total.